The molecule has 1 heterocycles. The summed E-state index contributed by atoms with van der Waals surface area (Å²) in [6.45, 7) is 4.71. The molecule has 0 unspecified atom stereocenters. The van der Waals surface area contributed by atoms with Crippen LogP contribution < -0.4 is 5.32 Å². The van der Waals surface area contributed by atoms with Crippen molar-refractivity contribution < 1.29 is 9.90 Å². The Morgan fingerprint density at radius 3 is 2.74 bits per heavy atom. The normalized spacial score (nSPS) is 51.4. The van der Waals surface area contributed by atoms with Gasteiger partial charge in [0, 0.05) is 17.4 Å². The minimum atomic E-state index is 0.0677. The Morgan fingerprint density at radius 1 is 1.22 bits per heavy atom. The van der Waals surface area contributed by atoms with E-state index in [9.17, 15) is 9.90 Å². The van der Waals surface area contributed by atoms with Gasteiger partial charge in [0.2, 0.25) is 5.91 Å². The number of hydrogen-bond donors (Lipinski definition) is 2. The molecule has 3 fully saturated rings. The number of amides is 1. The zero-order chi connectivity index (χ0) is 16.4. The largest absolute Gasteiger partial charge is 0.502 e. The molecule has 2 N–H and O–H groups in total. The third-order valence-electron chi connectivity index (χ3n) is 7.98. The lowest BCUT2D eigenvalue weighted by molar-refractivity contribution is -0.122. The number of thiocarbonyl (C=S) groups is 1. The van der Waals surface area contributed by atoms with E-state index in [1.807, 2.05) is 0 Å². The minimum absolute atomic E-state index is 0.0677. The van der Waals surface area contributed by atoms with Gasteiger partial charge in [0.15, 0.2) is 5.05 Å². The molecule has 126 valence electrons. The molecule has 7 atom stereocenters. The monoisotopic (exact) mass is 333 g/mol. The van der Waals surface area contributed by atoms with Crippen LogP contribution in [0.25, 0.3) is 0 Å². The van der Waals surface area contributed by atoms with E-state index in [1.54, 1.807) is 6.08 Å². The fourth-order valence-corrected chi connectivity index (χ4v) is 7.13. The van der Waals surface area contributed by atoms with Gasteiger partial charge < -0.3 is 10.4 Å². The van der Waals surface area contributed by atoms with Crippen molar-refractivity contribution in [2.75, 3.05) is 0 Å². The van der Waals surface area contributed by atoms with Gasteiger partial charge in [-0.1, -0.05) is 19.9 Å². The van der Waals surface area contributed by atoms with Crippen LogP contribution in [-0.4, -0.2) is 22.1 Å². The summed E-state index contributed by atoms with van der Waals surface area (Å²) in [7, 11) is 0. The summed E-state index contributed by atoms with van der Waals surface area (Å²) in [6.07, 6.45) is 10.8. The SMILES string of the molecule is C[C@]12C=CC(=O)N[C@@H]1CC[C@@H]1[C@@H]2CC[C@]2(C)[C@@H](C(O)=S)CC[C@@H]12. The first-order chi connectivity index (χ1) is 10.9. The first-order valence-electron chi connectivity index (χ1n) is 9.09. The highest BCUT2D eigenvalue weighted by molar-refractivity contribution is 7.80. The summed E-state index contributed by atoms with van der Waals surface area (Å²) in [6, 6.07) is 0.293. The first kappa shape index (κ1) is 15.6. The van der Waals surface area contributed by atoms with Gasteiger partial charge in [-0.15, -0.1) is 0 Å². The Morgan fingerprint density at radius 2 is 2.00 bits per heavy atom. The van der Waals surface area contributed by atoms with Crippen LogP contribution in [0.4, 0.5) is 0 Å². The third-order valence-corrected chi connectivity index (χ3v) is 8.27. The molecule has 0 radical (unpaired) electrons. The second-order valence-electron chi connectivity index (χ2n) is 8.73. The maximum Gasteiger partial charge on any atom is 0.243 e. The molecule has 3 aliphatic carbocycles. The highest BCUT2D eigenvalue weighted by Crippen LogP contribution is 2.65. The topological polar surface area (TPSA) is 49.3 Å². The quantitative estimate of drug-likeness (QED) is 0.718. The second-order valence-corrected chi connectivity index (χ2v) is 9.15. The van der Waals surface area contributed by atoms with Gasteiger partial charge in [-0.2, -0.15) is 0 Å². The fraction of sp³-hybridized carbons (Fsp3) is 0.789. The van der Waals surface area contributed by atoms with Crippen molar-refractivity contribution >= 4 is 23.2 Å². The zero-order valence-electron chi connectivity index (χ0n) is 14.0. The highest BCUT2D eigenvalue weighted by Gasteiger charge is 2.60. The van der Waals surface area contributed by atoms with E-state index in [-0.39, 0.29) is 27.7 Å². The summed E-state index contributed by atoms with van der Waals surface area (Å²) in [4.78, 5) is 11.7. The molecule has 4 heteroatoms. The zero-order valence-corrected chi connectivity index (χ0v) is 14.9. The molecule has 0 saturated heterocycles. The summed E-state index contributed by atoms with van der Waals surface area (Å²) in [5.74, 6) is 2.28. The lowest BCUT2D eigenvalue weighted by atomic mass is 9.48. The number of hydrogen-bond acceptors (Lipinski definition) is 2. The predicted molar refractivity (Wildman–Crippen MR) is 94.2 cm³/mol. The highest BCUT2D eigenvalue weighted by atomic mass is 32.1. The molecule has 1 aliphatic heterocycles. The lowest BCUT2D eigenvalue weighted by Crippen LogP contribution is -2.59. The van der Waals surface area contributed by atoms with Crippen LogP contribution in [0.15, 0.2) is 12.2 Å². The van der Waals surface area contributed by atoms with Gasteiger partial charge in [0.1, 0.15) is 0 Å². The van der Waals surface area contributed by atoms with E-state index in [2.05, 4.69) is 25.2 Å². The number of aliphatic hydroxyl groups excluding tert-OH is 1. The van der Waals surface area contributed by atoms with Gasteiger partial charge in [-0.05, 0) is 80.0 Å². The molecule has 23 heavy (non-hydrogen) atoms. The summed E-state index contributed by atoms with van der Waals surface area (Å²) in [5, 5.41) is 13.4. The van der Waals surface area contributed by atoms with Crippen molar-refractivity contribution in [2.45, 2.75) is 58.4 Å². The van der Waals surface area contributed by atoms with Gasteiger partial charge in [-0.3, -0.25) is 4.79 Å². The Hall–Kier alpha value is -0.900. The predicted octanol–water partition coefficient (Wildman–Crippen LogP) is 3.79. The van der Waals surface area contributed by atoms with E-state index in [1.165, 1.54) is 19.3 Å². The Labute approximate surface area is 143 Å². The molecule has 0 aromatic rings. The number of rotatable bonds is 1. The van der Waals surface area contributed by atoms with E-state index in [4.69, 9.17) is 12.2 Å². The Kier molecular flexibility index (Phi) is 3.43. The van der Waals surface area contributed by atoms with Gasteiger partial charge in [0.05, 0.1) is 0 Å². The van der Waals surface area contributed by atoms with Crippen LogP contribution in [0, 0.1) is 34.5 Å². The van der Waals surface area contributed by atoms with Crippen molar-refractivity contribution in [1.29, 1.82) is 0 Å². The van der Waals surface area contributed by atoms with Crippen molar-refractivity contribution in [3.63, 3.8) is 0 Å². The minimum Gasteiger partial charge on any atom is -0.502 e. The number of carbonyl (C=O) groups excluding carboxylic acids is 1. The van der Waals surface area contributed by atoms with E-state index in [0.717, 1.165) is 19.3 Å². The number of aliphatic hydroxyl groups is 1. The molecule has 3 saturated carbocycles. The van der Waals surface area contributed by atoms with E-state index >= 15 is 0 Å². The standard InChI is InChI=1S/C19H27NO2S/c1-18-9-7-13-11(12(18)4-5-14(18)17(22)23)3-6-15-19(13,2)10-8-16(21)20-15/h8,10-15H,3-7,9H2,1-2H3,(H,20,21)(H,22,23)/t11-,12-,13-,14+,15+,18-,19+/m0/s1. The van der Waals surface area contributed by atoms with E-state index in [0.29, 0.717) is 23.8 Å². The molecule has 3 nitrogen and oxygen atoms in total. The van der Waals surface area contributed by atoms with Crippen molar-refractivity contribution in [1.82, 2.24) is 5.32 Å². The van der Waals surface area contributed by atoms with E-state index < -0.39 is 0 Å². The average molecular weight is 333 g/mol. The summed E-state index contributed by atoms with van der Waals surface area (Å²) < 4.78 is 0. The number of nitrogens with one attached hydrogen (secondary N) is 1. The molecular weight excluding hydrogens is 306 g/mol. The van der Waals surface area contributed by atoms with Crippen LogP contribution in [-0.2, 0) is 4.79 Å². The van der Waals surface area contributed by atoms with Gasteiger partial charge >= 0.3 is 0 Å². The maximum absolute atomic E-state index is 11.7. The molecule has 4 rings (SSSR count). The van der Waals surface area contributed by atoms with Crippen molar-refractivity contribution in [3.8, 4) is 0 Å². The van der Waals surface area contributed by atoms with Crippen LogP contribution in [0.1, 0.15) is 52.4 Å². The van der Waals surface area contributed by atoms with Crippen LogP contribution in [0.5, 0.6) is 0 Å². The summed E-state index contributed by atoms with van der Waals surface area (Å²) >= 11 is 5.17. The van der Waals surface area contributed by atoms with Gasteiger partial charge in [-0.25, -0.2) is 0 Å². The maximum atomic E-state index is 11.7. The lowest BCUT2D eigenvalue weighted by Gasteiger charge is -2.58. The molecule has 0 bridgehead atoms. The molecule has 4 aliphatic rings. The molecular formula is C19H27NO2S. The first-order valence-corrected chi connectivity index (χ1v) is 9.49. The smallest absolute Gasteiger partial charge is 0.243 e. The molecule has 1 amide bonds. The summed E-state index contributed by atoms with van der Waals surface area (Å²) in [5.41, 5.74) is 0.272. The number of fused-ring (bicyclic) bond motifs is 5. The van der Waals surface area contributed by atoms with Crippen LogP contribution in [0.2, 0.25) is 0 Å². The van der Waals surface area contributed by atoms with Crippen LogP contribution >= 0.6 is 12.2 Å². The van der Waals surface area contributed by atoms with Crippen LogP contribution in [0.3, 0.4) is 0 Å². The Bertz CT molecular complexity index is 588. The average Bonchev–Trinajstić information content (AvgIpc) is 2.85. The van der Waals surface area contributed by atoms with Gasteiger partial charge in [0.25, 0.3) is 0 Å². The molecule has 0 aromatic carbocycles. The fourth-order valence-electron chi connectivity index (χ4n) is 6.74. The van der Waals surface area contributed by atoms with Crippen molar-refractivity contribution in [2.24, 2.45) is 34.5 Å². The molecule has 0 aromatic heterocycles. The van der Waals surface area contributed by atoms with Crippen molar-refractivity contribution in [3.05, 3.63) is 12.2 Å². The second kappa shape index (κ2) is 5.05. The molecule has 0 spiro atoms. The third kappa shape index (κ3) is 2.06. The Balaban J connectivity index is 1.66. The number of carbonyl (C=O) groups is 1.